The Balaban J connectivity index is 2.45. The van der Waals surface area contributed by atoms with Crippen LogP contribution in [0.15, 0.2) is 23.2 Å². The second-order valence-corrected chi connectivity index (χ2v) is 6.39. The molecule has 0 atom stereocenters. The average Bonchev–Trinajstić information content (AvgIpc) is 2.86. The molecule has 0 radical (unpaired) electrons. The van der Waals surface area contributed by atoms with Gasteiger partial charge in [-0.15, -0.1) is 0 Å². The zero-order valence-corrected chi connectivity index (χ0v) is 14.4. The summed E-state index contributed by atoms with van der Waals surface area (Å²) in [6.07, 6.45) is 1.30. The van der Waals surface area contributed by atoms with E-state index in [-0.39, 0.29) is 4.90 Å². The third kappa shape index (κ3) is 3.19. The van der Waals surface area contributed by atoms with Crippen molar-refractivity contribution in [1.82, 2.24) is 9.78 Å². The SMILES string of the molecule is COc1cc(NS(=O)(=O)c2cnn(C)c2C)cc(OC)c1OC. The van der Waals surface area contributed by atoms with E-state index >= 15 is 0 Å². The third-order valence-electron chi connectivity index (χ3n) is 3.40. The first-order chi connectivity index (χ1) is 10.8. The number of sulfonamides is 1. The highest BCUT2D eigenvalue weighted by atomic mass is 32.2. The molecule has 0 bridgehead atoms. The molecule has 0 aliphatic rings. The van der Waals surface area contributed by atoms with Crippen LogP contribution in [0.25, 0.3) is 0 Å². The highest BCUT2D eigenvalue weighted by Crippen LogP contribution is 2.40. The standard InChI is InChI=1S/C14H19N3O5S/c1-9-13(8-15-17(9)2)23(18,19)16-10-6-11(20-3)14(22-5)12(7-10)21-4/h6-8,16H,1-5H3. The number of nitrogens with zero attached hydrogens (tertiary/aromatic N) is 2. The maximum atomic E-state index is 12.5. The summed E-state index contributed by atoms with van der Waals surface area (Å²) in [7, 11) is 2.29. The van der Waals surface area contributed by atoms with Crippen LogP contribution in [-0.4, -0.2) is 39.5 Å². The van der Waals surface area contributed by atoms with Crippen molar-refractivity contribution in [3.63, 3.8) is 0 Å². The van der Waals surface area contributed by atoms with Crippen LogP contribution in [0.3, 0.4) is 0 Å². The molecule has 1 aromatic heterocycles. The van der Waals surface area contributed by atoms with Crippen LogP contribution in [0.5, 0.6) is 17.2 Å². The van der Waals surface area contributed by atoms with Crippen LogP contribution in [0.1, 0.15) is 5.69 Å². The predicted molar refractivity (Wildman–Crippen MR) is 84.9 cm³/mol. The van der Waals surface area contributed by atoms with Crippen molar-refractivity contribution in [1.29, 1.82) is 0 Å². The van der Waals surface area contributed by atoms with Gasteiger partial charge in [-0.05, 0) is 6.92 Å². The van der Waals surface area contributed by atoms with Gasteiger partial charge in [0.2, 0.25) is 5.75 Å². The van der Waals surface area contributed by atoms with E-state index in [1.165, 1.54) is 44.3 Å². The second-order valence-electron chi connectivity index (χ2n) is 4.74. The fourth-order valence-corrected chi connectivity index (χ4v) is 3.34. The molecule has 8 nitrogen and oxygen atoms in total. The van der Waals surface area contributed by atoms with Crippen molar-refractivity contribution >= 4 is 15.7 Å². The van der Waals surface area contributed by atoms with Gasteiger partial charge in [-0.2, -0.15) is 5.10 Å². The van der Waals surface area contributed by atoms with E-state index in [1.54, 1.807) is 14.0 Å². The quantitative estimate of drug-likeness (QED) is 0.857. The lowest BCUT2D eigenvalue weighted by molar-refractivity contribution is 0.325. The van der Waals surface area contributed by atoms with Gasteiger partial charge in [0.15, 0.2) is 11.5 Å². The highest BCUT2D eigenvalue weighted by molar-refractivity contribution is 7.92. The minimum Gasteiger partial charge on any atom is -0.493 e. The van der Waals surface area contributed by atoms with Crippen LogP contribution in [0, 0.1) is 6.92 Å². The van der Waals surface area contributed by atoms with E-state index in [4.69, 9.17) is 14.2 Å². The number of rotatable bonds is 6. The minimum atomic E-state index is -3.78. The van der Waals surface area contributed by atoms with Crippen molar-refractivity contribution < 1.29 is 22.6 Å². The molecular weight excluding hydrogens is 322 g/mol. The average molecular weight is 341 g/mol. The number of aryl methyl sites for hydroxylation is 1. The van der Waals surface area contributed by atoms with E-state index in [0.29, 0.717) is 28.6 Å². The molecule has 2 rings (SSSR count). The number of methoxy groups -OCH3 is 3. The van der Waals surface area contributed by atoms with Crippen molar-refractivity contribution in [2.24, 2.45) is 7.05 Å². The predicted octanol–water partition coefficient (Wildman–Crippen LogP) is 1.56. The molecule has 2 aromatic rings. The number of hydrogen-bond donors (Lipinski definition) is 1. The third-order valence-corrected chi connectivity index (χ3v) is 4.88. The van der Waals surface area contributed by atoms with Gasteiger partial charge >= 0.3 is 0 Å². The topological polar surface area (TPSA) is 91.7 Å². The van der Waals surface area contributed by atoms with Gasteiger partial charge in [0.25, 0.3) is 10.0 Å². The Labute approximate surface area is 135 Å². The molecule has 0 saturated heterocycles. The molecule has 0 unspecified atom stereocenters. The van der Waals surface area contributed by atoms with Gasteiger partial charge in [0, 0.05) is 19.2 Å². The van der Waals surface area contributed by atoms with Gasteiger partial charge in [0.1, 0.15) is 4.90 Å². The first-order valence-corrected chi connectivity index (χ1v) is 8.13. The molecule has 0 fully saturated rings. The number of hydrogen-bond acceptors (Lipinski definition) is 6. The Morgan fingerprint density at radius 1 is 1.09 bits per heavy atom. The minimum absolute atomic E-state index is 0.105. The summed E-state index contributed by atoms with van der Waals surface area (Å²) < 4.78 is 44.6. The Kier molecular flexibility index (Phi) is 4.69. The maximum absolute atomic E-state index is 12.5. The second kappa shape index (κ2) is 6.37. The van der Waals surface area contributed by atoms with Crippen molar-refractivity contribution in [2.75, 3.05) is 26.1 Å². The number of aromatic nitrogens is 2. The Morgan fingerprint density at radius 2 is 1.65 bits per heavy atom. The number of nitrogens with one attached hydrogen (secondary N) is 1. The molecule has 1 aromatic carbocycles. The van der Waals surface area contributed by atoms with E-state index in [0.717, 1.165) is 0 Å². The molecule has 126 valence electrons. The van der Waals surface area contributed by atoms with Crippen molar-refractivity contribution in [3.8, 4) is 17.2 Å². The maximum Gasteiger partial charge on any atom is 0.265 e. The summed E-state index contributed by atoms with van der Waals surface area (Å²) in [6, 6.07) is 3.04. The lowest BCUT2D eigenvalue weighted by atomic mass is 10.2. The zero-order valence-electron chi connectivity index (χ0n) is 13.6. The zero-order chi connectivity index (χ0) is 17.2. The van der Waals surface area contributed by atoms with E-state index in [1.807, 2.05) is 0 Å². The summed E-state index contributed by atoms with van der Waals surface area (Å²) in [5.74, 6) is 1.09. The van der Waals surface area contributed by atoms with Crippen LogP contribution < -0.4 is 18.9 Å². The largest absolute Gasteiger partial charge is 0.493 e. The Bertz CT molecular complexity index is 789. The van der Waals surface area contributed by atoms with Crippen LogP contribution in [0.4, 0.5) is 5.69 Å². The fraction of sp³-hybridized carbons (Fsp3) is 0.357. The van der Waals surface area contributed by atoms with E-state index < -0.39 is 10.0 Å². The molecule has 1 N–H and O–H groups in total. The molecule has 0 saturated carbocycles. The first-order valence-electron chi connectivity index (χ1n) is 6.65. The van der Waals surface area contributed by atoms with Gasteiger partial charge in [-0.1, -0.05) is 0 Å². The van der Waals surface area contributed by atoms with Gasteiger partial charge in [-0.25, -0.2) is 8.42 Å². The highest BCUT2D eigenvalue weighted by Gasteiger charge is 2.22. The normalized spacial score (nSPS) is 11.2. The van der Waals surface area contributed by atoms with Gasteiger partial charge in [-0.3, -0.25) is 9.40 Å². The van der Waals surface area contributed by atoms with Crippen LogP contribution in [0.2, 0.25) is 0 Å². The molecule has 0 spiro atoms. The fourth-order valence-electron chi connectivity index (χ4n) is 2.09. The molecule has 0 amide bonds. The lowest BCUT2D eigenvalue weighted by Crippen LogP contribution is -2.14. The summed E-state index contributed by atoms with van der Waals surface area (Å²) in [5.41, 5.74) is 0.827. The molecule has 1 heterocycles. The number of benzene rings is 1. The summed E-state index contributed by atoms with van der Waals surface area (Å²) >= 11 is 0. The van der Waals surface area contributed by atoms with Crippen LogP contribution >= 0.6 is 0 Å². The molecule has 0 aliphatic carbocycles. The molecule has 0 aliphatic heterocycles. The smallest absolute Gasteiger partial charge is 0.265 e. The molecular formula is C14H19N3O5S. The summed E-state index contributed by atoms with van der Waals surface area (Å²) in [5, 5.41) is 3.95. The Hall–Kier alpha value is -2.42. The van der Waals surface area contributed by atoms with Gasteiger partial charge < -0.3 is 14.2 Å². The van der Waals surface area contributed by atoms with Crippen molar-refractivity contribution in [3.05, 3.63) is 24.0 Å². The first kappa shape index (κ1) is 16.9. The molecule has 9 heteroatoms. The van der Waals surface area contributed by atoms with E-state index in [9.17, 15) is 8.42 Å². The number of ether oxygens (including phenoxy) is 3. The monoisotopic (exact) mass is 341 g/mol. The molecule has 23 heavy (non-hydrogen) atoms. The summed E-state index contributed by atoms with van der Waals surface area (Å²) in [6.45, 7) is 1.68. The van der Waals surface area contributed by atoms with Crippen molar-refractivity contribution in [2.45, 2.75) is 11.8 Å². The van der Waals surface area contributed by atoms with Gasteiger partial charge in [0.05, 0.1) is 38.9 Å². The Morgan fingerprint density at radius 3 is 2.04 bits per heavy atom. The number of anilines is 1. The van der Waals surface area contributed by atoms with Crippen LogP contribution in [-0.2, 0) is 17.1 Å². The summed E-state index contributed by atoms with van der Waals surface area (Å²) in [4.78, 5) is 0.105. The van der Waals surface area contributed by atoms with E-state index in [2.05, 4.69) is 9.82 Å². The lowest BCUT2D eigenvalue weighted by Gasteiger charge is -2.15.